The maximum absolute atomic E-state index is 11.2. The molecule has 1 aliphatic carbocycles. The lowest BCUT2D eigenvalue weighted by atomic mass is 9.92. The Kier molecular flexibility index (Phi) is 2.96. The van der Waals surface area contributed by atoms with Crippen LogP contribution < -0.4 is 10.6 Å². The van der Waals surface area contributed by atoms with Gasteiger partial charge in [0.15, 0.2) is 0 Å². The summed E-state index contributed by atoms with van der Waals surface area (Å²) < 4.78 is 0. The SMILES string of the molecule is Nc1ncnc(N2CCCC3CCCC32)c1[N+](=O)[O-]. The van der Waals surface area contributed by atoms with Gasteiger partial charge in [0.2, 0.25) is 11.6 Å². The molecule has 2 N–H and O–H groups in total. The topological polar surface area (TPSA) is 98.2 Å². The molecule has 2 unspecified atom stereocenters. The molecule has 102 valence electrons. The number of piperidine rings is 1. The molecule has 0 spiro atoms. The molecule has 2 aliphatic rings. The fourth-order valence-corrected chi connectivity index (χ4v) is 3.48. The summed E-state index contributed by atoms with van der Waals surface area (Å²) in [5.74, 6) is 0.994. The molecule has 1 aromatic heterocycles. The van der Waals surface area contributed by atoms with Crippen molar-refractivity contribution in [3.05, 3.63) is 16.4 Å². The number of fused-ring (bicyclic) bond motifs is 1. The summed E-state index contributed by atoms with van der Waals surface area (Å²) in [5.41, 5.74) is 5.50. The van der Waals surface area contributed by atoms with E-state index >= 15 is 0 Å². The van der Waals surface area contributed by atoms with E-state index in [-0.39, 0.29) is 11.5 Å². The summed E-state index contributed by atoms with van der Waals surface area (Å²) in [6.45, 7) is 0.818. The number of rotatable bonds is 2. The highest BCUT2D eigenvalue weighted by Gasteiger charge is 2.38. The van der Waals surface area contributed by atoms with Crippen molar-refractivity contribution < 1.29 is 4.92 Å². The lowest BCUT2D eigenvalue weighted by molar-refractivity contribution is -0.383. The largest absolute Gasteiger partial charge is 0.378 e. The Hall–Kier alpha value is -1.92. The Labute approximate surface area is 111 Å². The lowest BCUT2D eigenvalue weighted by Gasteiger charge is -2.38. The molecular formula is C12H17N5O2. The average molecular weight is 263 g/mol. The van der Waals surface area contributed by atoms with Gasteiger partial charge >= 0.3 is 5.69 Å². The lowest BCUT2D eigenvalue weighted by Crippen LogP contribution is -2.43. The van der Waals surface area contributed by atoms with E-state index in [1.165, 1.54) is 25.6 Å². The number of nitrogen functional groups attached to an aromatic ring is 1. The highest BCUT2D eigenvalue weighted by Crippen LogP contribution is 2.41. The van der Waals surface area contributed by atoms with E-state index in [2.05, 4.69) is 14.9 Å². The first-order chi connectivity index (χ1) is 9.18. The van der Waals surface area contributed by atoms with Crippen molar-refractivity contribution in [3.8, 4) is 0 Å². The van der Waals surface area contributed by atoms with E-state index in [1.54, 1.807) is 0 Å². The van der Waals surface area contributed by atoms with Crippen LogP contribution >= 0.6 is 0 Å². The molecule has 3 rings (SSSR count). The minimum atomic E-state index is -0.469. The first kappa shape index (κ1) is 12.1. The molecule has 0 bridgehead atoms. The van der Waals surface area contributed by atoms with Crippen LogP contribution in [0.3, 0.4) is 0 Å². The van der Waals surface area contributed by atoms with Crippen LogP contribution in [0.25, 0.3) is 0 Å². The van der Waals surface area contributed by atoms with Crippen molar-refractivity contribution in [1.29, 1.82) is 0 Å². The monoisotopic (exact) mass is 263 g/mol. The third-order valence-electron chi connectivity index (χ3n) is 4.28. The summed E-state index contributed by atoms with van der Waals surface area (Å²) in [5, 5.41) is 11.2. The fourth-order valence-electron chi connectivity index (χ4n) is 3.48. The average Bonchev–Trinajstić information content (AvgIpc) is 2.85. The normalized spacial score (nSPS) is 26.2. The van der Waals surface area contributed by atoms with Gasteiger partial charge in [-0.2, -0.15) is 0 Å². The van der Waals surface area contributed by atoms with Crippen molar-refractivity contribution in [3.63, 3.8) is 0 Å². The number of nitro groups is 1. The molecule has 2 fully saturated rings. The number of anilines is 2. The van der Waals surface area contributed by atoms with Crippen LogP contribution in [-0.4, -0.2) is 27.5 Å². The first-order valence-corrected chi connectivity index (χ1v) is 6.70. The minimum absolute atomic E-state index is 0.0462. The van der Waals surface area contributed by atoms with E-state index in [9.17, 15) is 10.1 Å². The molecule has 0 radical (unpaired) electrons. The summed E-state index contributed by atoms with van der Waals surface area (Å²) >= 11 is 0. The van der Waals surface area contributed by atoms with Crippen molar-refractivity contribution >= 4 is 17.3 Å². The van der Waals surface area contributed by atoms with Crippen LogP contribution in [0.5, 0.6) is 0 Å². The van der Waals surface area contributed by atoms with Crippen molar-refractivity contribution in [2.45, 2.75) is 38.1 Å². The van der Waals surface area contributed by atoms with E-state index in [1.807, 2.05) is 0 Å². The van der Waals surface area contributed by atoms with Crippen LogP contribution in [0.1, 0.15) is 32.1 Å². The second-order valence-electron chi connectivity index (χ2n) is 5.28. The fraction of sp³-hybridized carbons (Fsp3) is 0.667. The quantitative estimate of drug-likeness (QED) is 0.644. The van der Waals surface area contributed by atoms with E-state index in [0.717, 1.165) is 19.4 Å². The second-order valence-corrected chi connectivity index (χ2v) is 5.28. The van der Waals surface area contributed by atoms with Gasteiger partial charge in [0.25, 0.3) is 0 Å². The summed E-state index contributed by atoms with van der Waals surface area (Å²) in [6.07, 6.45) is 7.09. The van der Waals surface area contributed by atoms with Gasteiger partial charge in [-0.15, -0.1) is 0 Å². The van der Waals surface area contributed by atoms with E-state index < -0.39 is 4.92 Å². The number of hydrogen-bond donors (Lipinski definition) is 1. The second kappa shape index (κ2) is 4.64. The highest BCUT2D eigenvalue weighted by atomic mass is 16.6. The van der Waals surface area contributed by atoms with Gasteiger partial charge in [-0.25, -0.2) is 9.97 Å². The predicted octanol–water partition coefficient (Wildman–Crippen LogP) is 1.74. The van der Waals surface area contributed by atoms with Crippen LogP contribution in [0, 0.1) is 16.0 Å². The number of aromatic nitrogens is 2. The molecule has 1 aromatic rings. The Balaban J connectivity index is 2.01. The number of hydrogen-bond acceptors (Lipinski definition) is 6. The highest BCUT2D eigenvalue weighted by molar-refractivity contribution is 5.68. The Morgan fingerprint density at radius 1 is 1.32 bits per heavy atom. The van der Waals surface area contributed by atoms with Crippen molar-refractivity contribution in [1.82, 2.24) is 9.97 Å². The number of nitrogens with two attached hydrogens (primary N) is 1. The predicted molar refractivity (Wildman–Crippen MR) is 70.8 cm³/mol. The molecule has 19 heavy (non-hydrogen) atoms. The molecule has 7 nitrogen and oxygen atoms in total. The van der Waals surface area contributed by atoms with Gasteiger partial charge < -0.3 is 10.6 Å². The van der Waals surface area contributed by atoms with Gasteiger partial charge in [0, 0.05) is 12.6 Å². The zero-order valence-electron chi connectivity index (χ0n) is 10.7. The Morgan fingerprint density at radius 3 is 2.89 bits per heavy atom. The molecule has 1 saturated heterocycles. The summed E-state index contributed by atoms with van der Waals surface area (Å²) in [4.78, 5) is 20.7. The molecular weight excluding hydrogens is 246 g/mol. The van der Waals surface area contributed by atoms with E-state index in [4.69, 9.17) is 5.73 Å². The third-order valence-corrected chi connectivity index (χ3v) is 4.28. The standard InChI is InChI=1S/C12H17N5O2/c13-11-10(17(18)19)12(15-7-14-11)16-6-2-4-8-3-1-5-9(8)16/h7-9H,1-6H2,(H2,13,14,15). The van der Waals surface area contributed by atoms with Crippen LogP contribution in [0.2, 0.25) is 0 Å². The molecule has 2 atom stereocenters. The third kappa shape index (κ3) is 1.98. The Bertz CT molecular complexity index is 507. The summed E-state index contributed by atoms with van der Waals surface area (Å²) in [6, 6.07) is 0.377. The molecule has 0 amide bonds. The van der Waals surface area contributed by atoms with Gasteiger partial charge in [-0.05, 0) is 31.6 Å². The molecule has 2 heterocycles. The van der Waals surface area contributed by atoms with E-state index in [0.29, 0.717) is 17.8 Å². The van der Waals surface area contributed by atoms with Crippen LogP contribution in [0.4, 0.5) is 17.3 Å². The summed E-state index contributed by atoms with van der Waals surface area (Å²) in [7, 11) is 0. The Morgan fingerprint density at radius 2 is 2.11 bits per heavy atom. The van der Waals surface area contributed by atoms with Gasteiger partial charge in [-0.3, -0.25) is 10.1 Å². The zero-order valence-corrected chi connectivity index (χ0v) is 10.7. The maximum Gasteiger partial charge on any atom is 0.353 e. The van der Waals surface area contributed by atoms with Gasteiger partial charge in [0.1, 0.15) is 6.33 Å². The first-order valence-electron chi connectivity index (χ1n) is 6.70. The molecule has 0 aromatic carbocycles. The smallest absolute Gasteiger partial charge is 0.353 e. The number of nitrogens with zero attached hydrogens (tertiary/aromatic N) is 4. The molecule has 1 saturated carbocycles. The molecule has 7 heteroatoms. The minimum Gasteiger partial charge on any atom is -0.378 e. The maximum atomic E-state index is 11.2. The van der Waals surface area contributed by atoms with Crippen LogP contribution in [0.15, 0.2) is 6.33 Å². The van der Waals surface area contributed by atoms with Crippen molar-refractivity contribution in [2.24, 2.45) is 5.92 Å². The van der Waals surface area contributed by atoms with Crippen LogP contribution in [-0.2, 0) is 0 Å². The van der Waals surface area contributed by atoms with Gasteiger partial charge in [0.05, 0.1) is 4.92 Å². The van der Waals surface area contributed by atoms with Crippen molar-refractivity contribution in [2.75, 3.05) is 17.2 Å². The zero-order chi connectivity index (χ0) is 13.4. The van der Waals surface area contributed by atoms with Gasteiger partial charge in [-0.1, -0.05) is 6.42 Å². The molecule has 1 aliphatic heterocycles.